The minimum Gasteiger partial charge on any atom is -0.462 e. The summed E-state index contributed by atoms with van der Waals surface area (Å²) in [5.74, 6) is -0.686. The van der Waals surface area contributed by atoms with Gasteiger partial charge in [0.05, 0.1) is 16.8 Å². The van der Waals surface area contributed by atoms with Crippen LogP contribution < -0.4 is 5.73 Å². The van der Waals surface area contributed by atoms with Crippen LogP contribution in [0.1, 0.15) is 29.4 Å². The quantitative estimate of drug-likeness (QED) is 0.870. The van der Waals surface area contributed by atoms with Crippen LogP contribution in [0.2, 0.25) is 0 Å². The van der Waals surface area contributed by atoms with Crippen LogP contribution in [0.15, 0.2) is 10.7 Å². The number of carbonyl (C=O) groups excluding carboxylic acids is 1. The van der Waals surface area contributed by atoms with E-state index < -0.39 is 18.1 Å². The zero-order valence-corrected chi connectivity index (χ0v) is 9.92. The standard InChI is InChI=1S/C9H9BrF2N2O2/c1-2-16-9(15)4-3-14-7(8(11)12)5(10)6(4)13/h3,8H,2H2,1H3,(H2,13,14). The number of hydrogen-bond acceptors (Lipinski definition) is 4. The average molecular weight is 295 g/mol. The average Bonchev–Trinajstić information content (AvgIpc) is 2.21. The zero-order chi connectivity index (χ0) is 12.3. The van der Waals surface area contributed by atoms with Crippen LogP contribution in [-0.2, 0) is 4.74 Å². The first-order valence-electron chi connectivity index (χ1n) is 4.38. The number of carbonyl (C=O) groups is 1. The molecular weight excluding hydrogens is 286 g/mol. The molecule has 0 spiro atoms. The summed E-state index contributed by atoms with van der Waals surface area (Å²) in [6.45, 7) is 1.80. The van der Waals surface area contributed by atoms with Crippen LogP contribution in [0, 0.1) is 0 Å². The topological polar surface area (TPSA) is 65.2 Å². The molecule has 7 heteroatoms. The van der Waals surface area contributed by atoms with Crippen LogP contribution in [0.5, 0.6) is 0 Å². The molecule has 0 radical (unpaired) electrons. The maximum atomic E-state index is 12.4. The maximum Gasteiger partial charge on any atom is 0.341 e. The molecule has 1 aromatic rings. The lowest BCUT2D eigenvalue weighted by Crippen LogP contribution is -2.10. The molecule has 88 valence electrons. The maximum absolute atomic E-state index is 12.4. The summed E-state index contributed by atoms with van der Waals surface area (Å²) in [5.41, 5.74) is 4.91. The van der Waals surface area contributed by atoms with Crippen LogP contribution >= 0.6 is 15.9 Å². The number of hydrogen-bond donors (Lipinski definition) is 1. The van der Waals surface area contributed by atoms with E-state index in [9.17, 15) is 13.6 Å². The number of rotatable bonds is 3. The van der Waals surface area contributed by atoms with Crippen molar-refractivity contribution < 1.29 is 18.3 Å². The Morgan fingerprint density at radius 1 is 1.69 bits per heavy atom. The van der Waals surface area contributed by atoms with Crippen molar-refractivity contribution in [2.45, 2.75) is 13.3 Å². The molecule has 1 heterocycles. The van der Waals surface area contributed by atoms with Crippen LogP contribution in [0.3, 0.4) is 0 Å². The summed E-state index contributed by atoms with van der Waals surface area (Å²) >= 11 is 2.88. The highest BCUT2D eigenvalue weighted by atomic mass is 79.9. The monoisotopic (exact) mass is 294 g/mol. The van der Waals surface area contributed by atoms with E-state index in [1.54, 1.807) is 6.92 Å². The lowest BCUT2D eigenvalue weighted by molar-refractivity contribution is 0.0526. The molecule has 0 amide bonds. The number of halogens is 3. The molecule has 0 saturated heterocycles. The minimum absolute atomic E-state index is 0.0295. The van der Waals surface area contributed by atoms with Gasteiger partial charge in [0.15, 0.2) is 0 Å². The van der Waals surface area contributed by atoms with E-state index in [0.29, 0.717) is 0 Å². The molecule has 0 atom stereocenters. The minimum atomic E-state index is -2.76. The Hall–Kier alpha value is -1.24. The summed E-state index contributed by atoms with van der Waals surface area (Å²) in [4.78, 5) is 14.8. The van der Waals surface area contributed by atoms with Gasteiger partial charge in [0.1, 0.15) is 11.3 Å². The van der Waals surface area contributed by atoms with Crippen molar-refractivity contribution in [2.24, 2.45) is 0 Å². The van der Waals surface area contributed by atoms with Crippen LogP contribution in [0.4, 0.5) is 14.5 Å². The Labute approximate surface area is 98.9 Å². The highest BCUT2D eigenvalue weighted by Crippen LogP contribution is 2.32. The van der Waals surface area contributed by atoms with Gasteiger partial charge in [-0.1, -0.05) is 0 Å². The summed E-state index contributed by atoms with van der Waals surface area (Å²) in [7, 11) is 0. The predicted octanol–water partition coefficient (Wildman–Crippen LogP) is 2.54. The van der Waals surface area contributed by atoms with Gasteiger partial charge < -0.3 is 10.5 Å². The summed E-state index contributed by atoms with van der Waals surface area (Å²) in [5, 5.41) is 0. The molecule has 0 aliphatic rings. The fourth-order valence-corrected chi connectivity index (χ4v) is 1.53. The van der Waals surface area contributed by atoms with Crippen molar-refractivity contribution in [3.8, 4) is 0 Å². The third-order valence-corrected chi connectivity index (χ3v) is 2.62. The van der Waals surface area contributed by atoms with Crippen LogP contribution in [0.25, 0.3) is 0 Å². The normalized spacial score (nSPS) is 10.6. The number of nitrogen functional groups attached to an aromatic ring is 1. The largest absolute Gasteiger partial charge is 0.462 e. The fourth-order valence-electron chi connectivity index (χ4n) is 1.04. The van der Waals surface area contributed by atoms with E-state index in [4.69, 9.17) is 10.5 Å². The highest BCUT2D eigenvalue weighted by molar-refractivity contribution is 9.10. The second-order valence-corrected chi connectivity index (χ2v) is 3.60. The Morgan fingerprint density at radius 2 is 2.31 bits per heavy atom. The number of pyridine rings is 1. The van der Waals surface area contributed by atoms with Crippen molar-refractivity contribution >= 4 is 27.6 Å². The van der Waals surface area contributed by atoms with E-state index in [0.717, 1.165) is 6.20 Å². The number of nitrogens with two attached hydrogens (primary N) is 1. The molecule has 0 unspecified atom stereocenters. The molecule has 2 N–H and O–H groups in total. The predicted molar refractivity (Wildman–Crippen MR) is 57.3 cm³/mol. The van der Waals surface area contributed by atoms with Gasteiger partial charge in [-0.2, -0.15) is 0 Å². The molecule has 0 fully saturated rings. The van der Waals surface area contributed by atoms with Gasteiger partial charge in [-0.15, -0.1) is 0 Å². The first-order chi connectivity index (χ1) is 7.49. The van der Waals surface area contributed by atoms with Gasteiger partial charge in [-0.05, 0) is 22.9 Å². The second-order valence-electron chi connectivity index (χ2n) is 2.81. The highest BCUT2D eigenvalue weighted by Gasteiger charge is 2.21. The van der Waals surface area contributed by atoms with E-state index >= 15 is 0 Å². The Bertz CT molecular complexity index is 413. The third-order valence-electron chi connectivity index (χ3n) is 1.79. The van der Waals surface area contributed by atoms with Gasteiger partial charge in [0, 0.05) is 6.20 Å². The third kappa shape index (κ3) is 2.46. The molecule has 0 aliphatic carbocycles. The smallest absolute Gasteiger partial charge is 0.341 e. The van der Waals surface area contributed by atoms with Crippen molar-refractivity contribution in [1.29, 1.82) is 0 Å². The van der Waals surface area contributed by atoms with Crippen molar-refractivity contribution in [1.82, 2.24) is 4.98 Å². The summed E-state index contributed by atoms with van der Waals surface area (Å²) in [6.07, 6.45) is -1.77. The lowest BCUT2D eigenvalue weighted by atomic mass is 10.2. The number of anilines is 1. The molecule has 1 rings (SSSR count). The second kappa shape index (κ2) is 5.20. The number of ether oxygens (including phenoxy) is 1. The number of aromatic nitrogens is 1. The number of nitrogens with zero attached hydrogens (tertiary/aromatic N) is 1. The van der Waals surface area contributed by atoms with Crippen molar-refractivity contribution in [3.63, 3.8) is 0 Å². The zero-order valence-electron chi connectivity index (χ0n) is 8.34. The first-order valence-corrected chi connectivity index (χ1v) is 5.17. The van der Waals surface area contributed by atoms with Crippen molar-refractivity contribution in [2.75, 3.05) is 12.3 Å². The van der Waals surface area contributed by atoms with Crippen LogP contribution in [-0.4, -0.2) is 17.6 Å². The molecule has 16 heavy (non-hydrogen) atoms. The molecule has 0 saturated carbocycles. The van der Waals surface area contributed by atoms with Gasteiger partial charge in [0.2, 0.25) is 0 Å². The van der Waals surface area contributed by atoms with E-state index in [1.165, 1.54) is 0 Å². The van der Waals surface area contributed by atoms with E-state index in [1.807, 2.05) is 0 Å². The van der Waals surface area contributed by atoms with Gasteiger partial charge in [-0.25, -0.2) is 13.6 Å². The van der Waals surface area contributed by atoms with E-state index in [-0.39, 0.29) is 22.3 Å². The molecule has 0 aromatic carbocycles. The van der Waals surface area contributed by atoms with Gasteiger partial charge >= 0.3 is 5.97 Å². The van der Waals surface area contributed by atoms with Crippen molar-refractivity contribution in [3.05, 3.63) is 21.9 Å². The molecule has 4 nitrogen and oxygen atoms in total. The van der Waals surface area contributed by atoms with E-state index in [2.05, 4.69) is 20.9 Å². The Kier molecular flexibility index (Phi) is 4.17. The number of esters is 1. The number of alkyl halides is 2. The molecule has 0 aliphatic heterocycles. The molecule has 0 bridgehead atoms. The van der Waals surface area contributed by atoms with Gasteiger partial charge in [-0.3, -0.25) is 4.98 Å². The molecule has 1 aromatic heterocycles. The lowest BCUT2D eigenvalue weighted by Gasteiger charge is -2.09. The van der Waals surface area contributed by atoms with Gasteiger partial charge in [0.25, 0.3) is 6.43 Å². The Balaban J connectivity index is 3.16. The fraction of sp³-hybridized carbons (Fsp3) is 0.333. The molecular formula is C9H9BrF2N2O2. The summed E-state index contributed by atoms with van der Waals surface area (Å²) < 4.78 is 29.5. The Morgan fingerprint density at radius 3 is 2.81 bits per heavy atom. The summed E-state index contributed by atoms with van der Waals surface area (Å²) in [6, 6.07) is 0. The first kappa shape index (κ1) is 12.8. The SMILES string of the molecule is CCOC(=O)c1cnc(C(F)F)c(Br)c1N.